The number of nitrogens with two attached hydrogens (primary N) is 1. The van der Waals surface area contributed by atoms with Gasteiger partial charge in [-0.1, -0.05) is 12.1 Å². The minimum Gasteiger partial charge on any atom is -0.497 e. The van der Waals surface area contributed by atoms with E-state index in [1.54, 1.807) is 31.4 Å². The Balaban J connectivity index is 2.07. The maximum absolute atomic E-state index is 12.1. The van der Waals surface area contributed by atoms with Crippen molar-refractivity contribution in [3.8, 4) is 11.5 Å². The highest BCUT2D eigenvalue weighted by atomic mass is 16.5. The van der Waals surface area contributed by atoms with Gasteiger partial charge in [0.2, 0.25) is 0 Å². The van der Waals surface area contributed by atoms with Crippen molar-refractivity contribution in [3.63, 3.8) is 0 Å². The molecular formula is C16H17NO3. The highest BCUT2D eigenvalue weighted by Gasteiger charge is 2.11. The minimum absolute atomic E-state index is 0.0403. The molecule has 2 N–H and O–H groups in total. The van der Waals surface area contributed by atoms with Crippen molar-refractivity contribution in [2.24, 2.45) is 0 Å². The quantitative estimate of drug-likeness (QED) is 0.671. The molecule has 0 fully saturated rings. The highest BCUT2D eigenvalue weighted by molar-refractivity contribution is 5.98. The summed E-state index contributed by atoms with van der Waals surface area (Å²) in [7, 11) is 1.59. The fourth-order valence-electron chi connectivity index (χ4n) is 1.91. The number of carbonyl (C=O) groups is 1. The Morgan fingerprint density at radius 2 is 1.95 bits per heavy atom. The molecule has 0 radical (unpaired) electrons. The largest absolute Gasteiger partial charge is 0.497 e. The third-order valence-electron chi connectivity index (χ3n) is 3.01. The zero-order valence-electron chi connectivity index (χ0n) is 11.6. The minimum atomic E-state index is -0.0894. The van der Waals surface area contributed by atoms with Crippen molar-refractivity contribution in [1.29, 1.82) is 0 Å². The van der Waals surface area contributed by atoms with E-state index in [0.29, 0.717) is 17.0 Å². The average molecular weight is 271 g/mol. The Kier molecular flexibility index (Phi) is 4.25. The number of para-hydroxylation sites is 2. The topological polar surface area (TPSA) is 61.5 Å². The number of hydrogen-bond donors (Lipinski definition) is 1. The lowest BCUT2D eigenvalue weighted by Gasteiger charge is -2.10. The van der Waals surface area contributed by atoms with E-state index in [1.165, 1.54) is 0 Å². The van der Waals surface area contributed by atoms with Crippen molar-refractivity contribution in [1.82, 2.24) is 0 Å². The van der Waals surface area contributed by atoms with E-state index >= 15 is 0 Å². The molecule has 0 saturated carbocycles. The molecule has 104 valence electrons. The van der Waals surface area contributed by atoms with Gasteiger partial charge in [0.1, 0.15) is 11.5 Å². The van der Waals surface area contributed by atoms with Crippen LogP contribution in [0.4, 0.5) is 5.69 Å². The Morgan fingerprint density at radius 1 is 1.20 bits per heavy atom. The standard InChI is InChI=1S/C16H17NO3/c1-11-9-12(19-2)7-8-13(11)15(18)10-20-16-6-4-3-5-14(16)17/h3-9H,10,17H2,1-2H3. The zero-order valence-corrected chi connectivity index (χ0v) is 11.6. The number of anilines is 1. The molecule has 0 spiro atoms. The lowest BCUT2D eigenvalue weighted by Crippen LogP contribution is -2.13. The maximum atomic E-state index is 12.1. The van der Waals surface area contributed by atoms with Crippen LogP contribution in [0.25, 0.3) is 0 Å². The molecule has 0 bridgehead atoms. The lowest BCUT2D eigenvalue weighted by molar-refractivity contribution is 0.0921. The predicted octanol–water partition coefficient (Wildman–Crippen LogP) is 2.85. The molecule has 2 rings (SSSR count). The first-order valence-electron chi connectivity index (χ1n) is 6.27. The number of ether oxygens (including phenoxy) is 2. The van der Waals surface area contributed by atoms with Gasteiger partial charge in [-0.05, 0) is 42.8 Å². The molecule has 0 unspecified atom stereocenters. The summed E-state index contributed by atoms with van der Waals surface area (Å²) in [6.07, 6.45) is 0. The first-order valence-corrected chi connectivity index (χ1v) is 6.27. The van der Waals surface area contributed by atoms with E-state index in [0.717, 1.165) is 11.3 Å². The number of Topliss-reactive ketones (excluding diaryl/α,β-unsaturated/α-hetero) is 1. The summed E-state index contributed by atoms with van der Waals surface area (Å²) in [5, 5.41) is 0. The predicted molar refractivity (Wildman–Crippen MR) is 78.4 cm³/mol. The van der Waals surface area contributed by atoms with Crippen molar-refractivity contribution >= 4 is 11.5 Å². The van der Waals surface area contributed by atoms with Crippen molar-refractivity contribution in [3.05, 3.63) is 53.6 Å². The number of nitrogen functional groups attached to an aromatic ring is 1. The number of hydrogen-bond acceptors (Lipinski definition) is 4. The van der Waals surface area contributed by atoms with Crippen molar-refractivity contribution in [2.45, 2.75) is 6.92 Å². The molecule has 4 heteroatoms. The van der Waals surface area contributed by atoms with Crippen LogP contribution in [0.15, 0.2) is 42.5 Å². The molecule has 0 aliphatic rings. The van der Waals surface area contributed by atoms with Gasteiger partial charge in [-0.2, -0.15) is 0 Å². The van der Waals surface area contributed by atoms with Crippen LogP contribution < -0.4 is 15.2 Å². The maximum Gasteiger partial charge on any atom is 0.200 e. The molecule has 0 amide bonds. The SMILES string of the molecule is COc1ccc(C(=O)COc2ccccc2N)c(C)c1. The average Bonchev–Trinajstić information content (AvgIpc) is 2.46. The fraction of sp³-hybridized carbons (Fsp3) is 0.188. The Morgan fingerprint density at radius 3 is 2.60 bits per heavy atom. The van der Waals surface area contributed by atoms with Gasteiger partial charge < -0.3 is 15.2 Å². The highest BCUT2D eigenvalue weighted by Crippen LogP contribution is 2.21. The molecular weight excluding hydrogens is 254 g/mol. The molecule has 0 aliphatic carbocycles. The molecule has 4 nitrogen and oxygen atoms in total. The van der Waals surface area contributed by atoms with Gasteiger partial charge in [0, 0.05) is 5.56 Å². The summed E-state index contributed by atoms with van der Waals surface area (Å²) in [4.78, 5) is 12.1. The number of rotatable bonds is 5. The molecule has 0 heterocycles. The summed E-state index contributed by atoms with van der Waals surface area (Å²) in [6.45, 7) is 1.83. The van der Waals surface area contributed by atoms with E-state index in [1.807, 2.05) is 25.1 Å². The third-order valence-corrected chi connectivity index (χ3v) is 3.01. The Hall–Kier alpha value is -2.49. The van der Waals surface area contributed by atoms with Gasteiger partial charge in [-0.15, -0.1) is 0 Å². The van der Waals surface area contributed by atoms with Gasteiger partial charge >= 0.3 is 0 Å². The molecule has 0 saturated heterocycles. The van der Waals surface area contributed by atoms with E-state index in [2.05, 4.69) is 0 Å². The summed E-state index contributed by atoms with van der Waals surface area (Å²) in [5.41, 5.74) is 7.77. The van der Waals surface area contributed by atoms with Gasteiger partial charge in [0.25, 0.3) is 0 Å². The summed E-state index contributed by atoms with van der Waals surface area (Å²) >= 11 is 0. The summed E-state index contributed by atoms with van der Waals surface area (Å²) in [5.74, 6) is 1.16. The van der Waals surface area contributed by atoms with E-state index in [9.17, 15) is 4.79 Å². The van der Waals surface area contributed by atoms with Gasteiger partial charge in [-0.25, -0.2) is 0 Å². The monoisotopic (exact) mass is 271 g/mol. The third kappa shape index (κ3) is 3.09. The normalized spacial score (nSPS) is 10.1. The van der Waals surface area contributed by atoms with Gasteiger partial charge in [-0.3, -0.25) is 4.79 Å². The fourth-order valence-corrected chi connectivity index (χ4v) is 1.91. The van der Waals surface area contributed by atoms with Crippen molar-refractivity contribution in [2.75, 3.05) is 19.5 Å². The van der Waals surface area contributed by atoms with E-state index in [4.69, 9.17) is 15.2 Å². The van der Waals surface area contributed by atoms with Crippen LogP contribution in [-0.4, -0.2) is 19.5 Å². The van der Waals surface area contributed by atoms with Crippen LogP contribution in [0, 0.1) is 6.92 Å². The van der Waals surface area contributed by atoms with E-state index < -0.39 is 0 Å². The lowest BCUT2D eigenvalue weighted by atomic mass is 10.0. The summed E-state index contributed by atoms with van der Waals surface area (Å²) < 4.78 is 10.6. The first-order chi connectivity index (χ1) is 9.61. The molecule has 2 aromatic carbocycles. The number of carbonyl (C=O) groups excluding carboxylic acids is 1. The number of benzene rings is 2. The smallest absolute Gasteiger partial charge is 0.200 e. The van der Waals surface area contributed by atoms with Crippen LogP contribution >= 0.6 is 0 Å². The summed E-state index contributed by atoms with van der Waals surface area (Å²) in [6, 6.07) is 12.4. The molecule has 0 aromatic heterocycles. The molecule has 2 aromatic rings. The van der Waals surface area contributed by atoms with Crippen LogP contribution in [0.3, 0.4) is 0 Å². The second-order valence-electron chi connectivity index (χ2n) is 4.43. The second kappa shape index (κ2) is 6.10. The Bertz CT molecular complexity index is 623. The first kappa shape index (κ1) is 13.9. The molecule has 20 heavy (non-hydrogen) atoms. The van der Waals surface area contributed by atoms with Gasteiger partial charge in [0.15, 0.2) is 12.4 Å². The molecule has 0 aliphatic heterocycles. The number of ketones is 1. The van der Waals surface area contributed by atoms with Crippen LogP contribution in [-0.2, 0) is 0 Å². The van der Waals surface area contributed by atoms with E-state index in [-0.39, 0.29) is 12.4 Å². The zero-order chi connectivity index (χ0) is 14.5. The molecule has 0 atom stereocenters. The number of methoxy groups -OCH3 is 1. The van der Waals surface area contributed by atoms with Gasteiger partial charge in [0.05, 0.1) is 12.8 Å². The van der Waals surface area contributed by atoms with Crippen molar-refractivity contribution < 1.29 is 14.3 Å². The van der Waals surface area contributed by atoms with Crippen LogP contribution in [0.2, 0.25) is 0 Å². The van der Waals surface area contributed by atoms with Crippen LogP contribution in [0.5, 0.6) is 11.5 Å². The number of aryl methyl sites for hydroxylation is 1. The van der Waals surface area contributed by atoms with Crippen LogP contribution in [0.1, 0.15) is 15.9 Å². The Labute approximate surface area is 118 Å². The second-order valence-corrected chi connectivity index (χ2v) is 4.43.